The van der Waals surface area contributed by atoms with Gasteiger partial charge in [0.25, 0.3) is 0 Å². The Kier molecular flexibility index (Phi) is 14.7. The highest BCUT2D eigenvalue weighted by molar-refractivity contribution is 5.81. The third kappa shape index (κ3) is 18.5. The first-order valence-corrected chi connectivity index (χ1v) is 9.22. The van der Waals surface area contributed by atoms with Crippen LogP contribution in [0.1, 0.15) is 84.5 Å². The van der Waals surface area contributed by atoms with Crippen molar-refractivity contribution in [3.63, 3.8) is 0 Å². The summed E-state index contributed by atoms with van der Waals surface area (Å²) < 4.78 is 10.1. The van der Waals surface area contributed by atoms with E-state index in [1.165, 1.54) is 13.8 Å². The van der Waals surface area contributed by atoms with Gasteiger partial charge in [0.15, 0.2) is 0 Å². The normalized spacial score (nSPS) is 10.3. The lowest BCUT2D eigenvalue weighted by molar-refractivity contribution is -0.145. The lowest BCUT2D eigenvalue weighted by Gasteiger charge is -2.05. The third-order valence-corrected chi connectivity index (χ3v) is 3.68. The number of rotatable bonds is 16. The van der Waals surface area contributed by atoms with E-state index in [4.69, 9.17) is 9.47 Å². The van der Waals surface area contributed by atoms with Crippen LogP contribution in [0.2, 0.25) is 0 Å². The minimum absolute atomic E-state index is 0.00257. The summed E-state index contributed by atoms with van der Waals surface area (Å²) in [5, 5.41) is 0. The highest BCUT2D eigenvalue weighted by atomic mass is 16.5. The molecule has 0 aromatic carbocycles. The average Bonchev–Trinajstić information content (AvgIpc) is 2.55. The summed E-state index contributed by atoms with van der Waals surface area (Å²) in [5.74, 6) is -0.591. The van der Waals surface area contributed by atoms with Crippen molar-refractivity contribution in [1.82, 2.24) is 0 Å². The second-order valence-electron chi connectivity index (χ2n) is 6.32. The summed E-state index contributed by atoms with van der Waals surface area (Å²) in [6, 6.07) is 0. The highest BCUT2D eigenvalue weighted by Gasteiger charge is 2.05. The van der Waals surface area contributed by atoms with Crippen LogP contribution >= 0.6 is 0 Å². The Bertz CT molecular complexity index is 378. The van der Waals surface area contributed by atoms with Gasteiger partial charge in [-0.25, -0.2) is 0 Å². The molecule has 0 atom stereocenters. The molecule has 0 heterocycles. The van der Waals surface area contributed by atoms with Crippen molar-refractivity contribution in [3.05, 3.63) is 0 Å². The molecule has 0 unspecified atom stereocenters. The number of carbonyl (C=O) groups is 4. The molecule has 0 bridgehead atoms. The molecule has 0 fully saturated rings. The summed E-state index contributed by atoms with van der Waals surface area (Å²) in [6.45, 7) is 3.78. The Morgan fingerprint density at radius 2 is 0.840 bits per heavy atom. The van der Waals surface area contributed by atoms with Gasteiger partial charge in [-0.05, 0) is 26.7 Å². The lowest BCUT2D eigenvalue weighted by atomic mass is 10.1. The van der Waals surface area contributed by atoms with Crippen LogP contribution in [-0.2, 0) is 28.7 Å². The highest BCUT2D eigenvalue weighted by Crippen LogP contribution is 2.08. The second-order valence-corrected chi connectivity index (χ2v) is 6.32. The van der Waals surface area contributed by atoms with E-state index in [-0.39, 0.29) is 49.2 Å². The van der Waals surface area contributed by atoms with Gasteiger partial charge in [-0.1, -0.05) is 32.1 Å². The van der Waals surface area contributed by atoms with Crippen LogP contribution in [0.4, 0.5) is 0 Å². The van der Waals surface area contributed by atoms with E-state index in [0.29, 0.717) is 13.2 Å². The Morgan fingerprint density at radius 1 is 0.520 bits per heavy atom. The predicted molar refractivity (Wildman–Crippen MR) is 94.1 cm³/mol. The maximum absolute atomic E-state index is 11.3. The first kappa shape index (κ1) is 23.3. The van der Waals surface area contributed by atoms with Gasteiger partial charge >= 0.3 is 11.9 Å². The van der Waals surface area contributed by atoms with Crippen molar-refractivity contribution >= 4 is 23.5 Å². The molecule has 0 radical (unpaired) electrons. The summed E-state index contributed by atoms with van der Waals surface area (Å²) in [6.07, 6.45) is 7.86. The second kappa shape index (κ2) is 15.8. The van der Waals surface area contributed by atoms with Crippen LogP contribution in [0.3, 0.4) is 0 Å². The molecule has 6 nitrogen and oxygen atoms in total. The monoisotopic (exact) mass is 356 g/mol. The molecule has 0 aromatic heterocycles. The molecule has 0 aliphatic heterocycles. The van der Waals surface area contributed by atoms with Crippen molar-refractivity contribution < 1.29 is 28.7 Å². The minimum atomic E-state index is -0.298. The quantitative estimate of drug-likeness (QED) is 0.310. The minimum Gasteiger partial charge on any atom is -0.466 e. The summed E-state index contributed by atoms with van der Waals surface area (Å²) >= 11 is 0. The van der Waals surface area contributed by atoms with Gasteiger partial charge in [-0.2, -0.15) is 0 Å². The molecular weight excluding hydrogens is 324 g/mol. The largest absolute Gasteiger partial charge is 0.466 e. The van der Waals surface area contributed by atoms with Crippen molar-refractivity contribution in [3.8, 4) is 0 Å². The Morgan fingerprint density at radius 3 is 1.16 bits per heavy atom. The number of hydrogen-bond donors (Lipinski definition) is 0. The van der Waals surface area contributed by atoms with Crippen molar-refractivity contribution in [2.24, 2.45) is 0 Å². The van der Waals surface area contributed by atoms with Crippen molar-refractivity contribution in [2.75, 3.05) is 13.2 Å². The predicted octanol–water partition coefficient (Wildman–Crippen LogP) is 3.54. The molecule has 0 aromatic rings. The van der Waals surface area contributed by atoms with Gasteiger partial charge in [0.2, 0.25) is 0 Å². The summed E-state index contributed by atoms with van der Waals surface area (Å²) in [5.41, 5.74) is 0. The van der Waals surface area contributed by atoms with Crippen LogP contribution in [0.5, 0.6) is 0 Å². The van der Waals surface area contributed by atoms with E-state index < -0.39 is 0 Å². The molecule has 6 heteroatoms. The van der Waals surface area contributed by atoms with Gasteiger partial charge < -0.3 is 19.1 Å². The molecule has 25 heavy (non-hydrogen) atoms. The zero-order chi connectivity index (χ0) is 18.9. The van der Waals surface area contributed by atoms with Crippen LogP contribution in [-0.4, -0.2) is 36.7 Å². The van der Waals surface area contributed by atoms with Gasteiger partial charge in [-0.3, -0.25) is 9.59 Å². The van der Waals surface area contributed by atoms with E-state index >= 15 is 0 Å². The molecule has 144 valence electrons. The fourth-order valence-corrected chi connectivity index (χ4v) is 2.16. The standard InChI is InChI=1S/C19H32O6/c1-16(20)10-12-18(22)24-14-8-6-4-3-5-7-9-15-25-19(23)13-11-17(2)21/h3-15H2,1-2H3. The van der Waals surface area contributed by atoms with Crippen LogP contribution in [0, 0.1) is 0 Å². The van der Waals surface area contributed by atoms with E-state index in [1.54, 1.807) is 0 Å². The smallest absolute Gasteiger partial charge is 0.306 e. The number of ether oxygens (including phenoxy) is 2. The number of Topliss-reactive ketones (excluding diaryl/α,β-unsaturated/α-hetero) is 2. The first-order valence-electron chi connectivity index (χ1n) is 9.22. The fourth-order valence-electron chi connectivity index (χ4n) is 2.16. The zero-order valence-electron chi connectivity index (χ0n) is 15.6. The third-order valence-electron chi connectivity index (χ3n) is 3.68. The molecule has 0 saturated carbocycles. The molecule has 0 aliphatic rings. The maximum Gasteiger partial charge on any atom is 0.306 e. The Balaban J connectivity index is 3.26. The van der Waals surface area contributed by atoms with Gasteiger partial charge in [-0.15, -0.1) is 0 Å². The topological polar surface area (TPSA) is 86.7 Å². The fraction of sp³-hybridized carbons (Fsp3) is 0.789. The van der Waals surface area contributed by atoms with Crippen molar-refractivity contribution in [1.29, 1.82) is 0 Å². The molecule has 0 rings (SSSR count). The van der Waals surface area contributed by atoms with Crippen LogP contribution < -0.4 is 0 Å². The number of hydrogen-bond acceptors (Lipinski definition) is 6. The molecule has 0 aliphatic carbocycles. The molecular formula is C19H32O6. The van der Waals surface area contributed by atoms with E-state index in [2.05, 4.69) is 0 Å². The Hall–Kier alpha value is -1.72. The first-order chi connectivity index (χ1) is 11.9. The number of esters is 2. The van der Waals surface area contributed by atoms with Crippen LogP contribution in [0.15, 0.2) is 0 Å². The SMILES string of the molecule is CC(=O)CCC(=O)OCCCCCCCCCOC(=O)CCC(C)=O. The van der Waals surface area contributed by atoms with E-state index in [0.717, 1.165) is 44.9 Å². The number of ketones is 2. The van der Waals surface area contributed by atoms with Gasteiger partial charge in [0.1, 0.15) is 11.6 Å². The maximum atomic E-state index is 11.3. The zero-order valence-corrected chi connectivity index (χ0v) is 15.6. The van der Waals surface area contributed by atoms with Crippen molar-refractivity contribution in [2.45, 2.75) is 84.5 Å². The molecule has 0 N–H and O–H groups in total. The Labute approximate surface area is 150 Å². The number of unbranched alkanes of at least 4 members (excludes halogenated alkanes) is 6. The lowest BCUT2D eigenvalue weighted by Crippen LogP contribution is -2.07. The van der Waals surface area contributed by atoms with Crippen LogP contribution in [0.25, 0.3) is 0 Å². The van der Waals surface area contributed by atoms with Gasteiger partial charge in [0.05, 0.1) is 26.1 Å². The molecule has 0 spiro atoms. The molecule has 0 saturated heterocycles. The van der Waals surface area contributed by atoms with E-state index in [9.17, 15) is 19.2 Å². The van der Waals surface area contributed by atoms with Gasteiger partial charge in [0, 0.05) is 12.8 Å². The summed E-state index contributed by atoms with van der Waals surface area (Å²) in [7, 11) is 0. The molecule has 0 amide bonds. The summed E-state index contributed by atoms with van der Waals surface area (Å²) in [4.78, 5) is 44.0. The number of carbonyl (C=O) groups excluding carboxylic acids is 4. The average molecular weight is 356 g/mol. The van der Waals surface area contributed by atoms with E-state index in [1.807, 2.05) is 0 Å².